The number of hydrogen-bond acceptors (Lipinski definition) is 5. The molecule has 1 saturated carbocycles. The molecular formula is C11H16N4O3. The van der Waals surface area contributed by atoms with E-state index in [-0.39, 0.29) is 5.92 Å². The fourth-order valence-electron chi connectivity index (χ4n) is 2.44. The Hall–Kier alpha value is -1.50. The van der Waals surface area contributed by atoms with Crippen molar-refractivity contribution in [2.45, 2.75) is 38.1 Å². The first-order valence-corrected chi connectivity index (χ1v) is 6.28. The molecule has 1 aromatic rings. The van der Waals surface area contributed by atoms with Gasteiger partial charge in [0.05, 0.1) is 18.6 Å². The number of tetrazole rings is 1. The molecule has 98 valence electrons. The Balaban J connectivity index is 1.77. The van der Waals surface area contributed by atoms with Gasteiger partial charge in [0.2, 0.25) is 0 Å². The molecule has 2 aliphatic rings. The lowest BCUT2D eigenvalue weighted by Crippen LogP contribution is -2.26. The Morgan fingerprint density at radius 2 is 2.39 bits per heavy atom. The van der Waals surface area contributed by atoms with Gasteiger partial charge < -0.3 is 9.84 Å². The van der Waals surface area contributed by atoms with Gasteiger partial charge in [0.25, 0.3) is 0 Å². The molecule has 1 unspecified atom stereocenters. The second-order valence-electron chi connectivity index (χ2n) is 5.19. The largest absolute Gasteiger partial charge is 0.481 e. The van der Waals surface area contributed by atoms with Crippen LogP contribution in [0.3, 0.4) is 0 Å². The van der Waals surface area contributed by atoms with Crippen LogP contribution in [-0.2, 0) is 16.1 Å². The topological polar surface area (TPSA) is 90.1 Å². The zero-order valence-electron chi connectivity index (χ0n) is 10.1. The highest BCUT2D eigenvalue weighted by Crippen LogP contribution is 2.47. The van der Waals surface area contributed by atoms with E-state index in [2.05, 4.69) is 15.5 Å². The highest BCUT2D eigenvalue weighted by Gasteiger charge is 2.51. The average Bonchev–Trinajstić information content (AvgIpc) is 3.02. The van der Waals surface area contributed by atoms with Crippen LogP contribution >= 0.6 is 0 Å². The number of nitrogens with zero attached hydrogens (tertiary/aromatic N) is 4. The third-order valence-corrected chi connectivity index (χ3v) is 3.84. The van der Waals surface area contributed by atoms with Gasteiger partial charge in [0, 0.05) is 12.5 Å². The van der Waals surface area contributed by atoms with E-state index in [1.165, 1.54) is 0 Å². The van der Waals surface area contributed by atoms with Gasteiger partial charge in [-0.25, -0.2) is 4.68 Å². The monoisotopic (exact) mass is 252 g/mol. The first-order valence-electron chi connectivity index (χ1n) is 6.28. The second-order valence-corrected chi connectivity index (χ2v) is 5.19. The highest BCUT2D eigenvalue weighted by molar-refractivity contribution is 5.77. The van der Waals surface area contributed by atoms with Crippen LogP contribution in [0.2, 0.25) is 0 Å². The molecule has 7 nitrogen and oxygen atoms in total. The molecule has 2 fully saturated rings. The van der Waals surface area contributed by atoms with Crippen LogP contribution in [0.1, 0.15) is 37.4 Å². The van der Waals surface area contributed by atoms with Crippen molar-refractivity contribution >= 4 is 5.97 Å². The molecule has 1 atom stereocenters. The van der Waals surface area contributed by atoms with E-state index in [0.29, 0.717) is 26.0 Å². The van der Waals surface area contributed by atoms with Crippen LogP contribution in [0.4, 0.5) is 0 Å². The van der Waals surface area contributed by atoms with Crippen molar-refractivity contribution in [1.82, 2.24) is 20.2 Å². The minimum absolute atomic E-state index is 0.193. The third kappa shape index (κ3) is 1.98. The Bertz CT molecular complexity index is 449. The van der Waals surface area contributed by atoms with E-state index in [9.17, 15) is 9.90 Å². The summed E-state index contributed by atoms with van der Waals surface area (Å²) in [5, 5.41) is 20.9. The maximum Gasteiger partial charge on any atom is 0.311 e. The van der Waals surface area contributed by atoms with Crippen molar-refractivity contribution in [3.05, 3.63) is 5.82 Å². The first-order chi connectivity index (χ1) is 8.71. The minimum atomic E-state index is -0.746. The maximum atomic E-state index is 11.2. The van der Waals surface area contributed by atoms with Gasteiger partial charge in [0.15, 0.2) is 5.82 Å². The zero-order valence-corrected chi connectivity index (χ0v) is 10.1. The van der Waals surface area contributed by atoms with E-state index < -0.39 is 11.4 Å². The van der Waals surface area contributed by atoms with Crippen molar-refractivity contribution < 1.29 is 14.6 Å². The summed E-state index contributed by atoms with van der Waals surface area (Å²) in [6, 6.07) is 0. The van der Waals surface area contributed by atoms with Crippen LogP contribution in [0.5, 0.6) is 0 Å². The van der Waals surface area contributed by atoms with Crippen molar-refractivity contribution in [2.75, 3.05) is 13.2 Å². The van der Waals surface area contributed by atoms with E-state index in [0.717, 1.165) is 25.3 Å². The van der Waals surface area contributed by atoms with Crippen molar-refractivity contribution in [3.63, 3.8) is 0 Å². The molecule has 1 N–H and O–H groups in total. The lowest BCUT2D eigenvalue weighted by atomic mass is 10.0. The molecule has 1 aromatic heterocycles. The Morgan fingerprint density at radius 3 is 3.00 bits per heavy atom. The minimum Gasteiger partial charge on any atom is -0.481 e. The van der Waals surface area contributed by atoms with Crippen LogP contribution in [0.15, 0.2) is 0 Å². The summed E-state index contributed by atoms with van der Waals surface area (Å²) < 4.78 is 7.08. The maximum absolute atomic E-state index is 11.2. The molecule has 1 aliphatic heterocycles. The van der Waals surface area contributed by atoms with Crippen molar-refractivity contribution in [2.24, 2.45) is 5.41 Å². The van der Waals surface area contributed by atoms with Gasteiger partial charge in [-0.05, 0) is 36.1 Å². The van der Waals surface area contributed by atoms with Gasteiger partial charge in [-0.1, -0.05) is 0 Å². The number of rotatable bonds is 4. The molecule has 2 heterocycles. The third-order valence-electron chi connectivity index (χ3n) is 3.84. The summed E-state index contributed by atoms with van der Waals surface area (Å²) in [5.41, 5.74) is -0.639. The Kier molecular flexibility index (Phi) is 2.77. The second kappa shape index (κ2) is 4.31. The molecule has 0 aromatic carbocycles. The van der Waals surface area contributed by atoms with Gasteiger partial charge in [-0.15, -0.1) is 5.10 Å². The molecule has 7 heteroatoms. The highest BCUT2D eigenvalue weighted by atomic mass is 16.5. The molecule has 1 saturated heterocycles. The number of aromatic nitrogens is 4. The average molecular weight is 252 g/mol. The van der Waals surface area contributed by atoms with E-state index in [1.807, 2.05) is 0 Å². The van der Waals surface area contributed by atoms with E-state index in [1.54, 1.807) is 4.68 Å². The smallest absolute Gasteiger partial charge is 0.311 e. The van der Waals surface area contributed by atoms with Crippen LogP contribution < -0.4 is 0 Å². The summed E-state index contributed by atoms with van der Waals surface area (Å²) >= 11 is 0. The Morgan fingerprint density at radius 1 is 1.56 bits per heavy atom. The molecular weight excluding hydrogens is 236 g/mol. The standard InChI is InChI=1S/C11H16N4O3/c16-10(17)11(3-4-11)7-15-9(12-13-14-15)8-2-1-5-18-6-8/h8H,1-7H2,(H,16,17). The van der Waals surface area contributed by atoms with Crippen LogP contribution in [0.25, 0.3) is 0 Å². The Labute approximate surface area is 104 Å². The normalized spacial score (nSPS) is 25.9. The van der Waals surface area contributed by atoms with E-state index in [4.69, 9.17) is 4.74 Å². The lowest BCUT2D eigenvalue weighted by Gasteiger charge is -2.21. The van der Waals surface area contributed by atoms with E-state index >= 15 is 0 Å². The summed E-state index contributed by atoms with van der Waals surface area (Å²) in [6.45, 7) is 1.79. The molecule has 0 spiro atoms. The van der Waals surface area contributed by atoms with Crippen molar-refractivity contribution in [3.8, 4) is 0 Å². The molecule has 0 bridgehead atoms. The molecule has 3 rings (SSSR count). The fraction of sp³-hybridized carbons (Fsp3) is 0.818. The van der Waals surface area contributed by atoms with Crippen LogP contribution in [-0.4, -0.2) is 44.5 Å². The zero-order chi connectivity index (χ0) is 12.6. The number of carbonyl (C=O) groups is 1. The molecule has 18 heavy (non-hydrogen) atoms. The summed E-state index contributed by atoms with van der Waals surface area (Å²) in [4.78, 5) is 11.2. The van der Waals surface area contributed by atoms with Gasteiger partial charge in [-0.2, -0.15) is 0 Å². The fourth-order valence-corrected chi connectivity index (χ4v) is 2.44. The summed E-state index contributed by atoms with van der Waals surface area (Å²) in [7, 11) is 0. The number of hydrogen-bond donors (Lipinski definition) is 1. The van der Waals surface area contributed by atoms with Crippen molar-refractivity contribution in [1.29, 1.82) is 0 Å². The van der Waals surface area contributed by atoms with Gasteiger partial charge in [-0.3, -0.25) is 4.79 Å². The SMILES string of the molecule is O=C(O)C1(Cn2nnnc2C2CCCOC2)CC1. The molecule has 0 radical (unpaired) electrons. The molecule has 1 aliphatic carbocycles. The lowest BCUT2D eigenvalue weighted by molar-refractivity contribution is -0.144. The summed E-state index contributed by atoms with van der Waals surface area (Å²) in [6.07, 6.45) is 3.42. The van der Waals surface area contributed by atoms with Gasteiger partial charge >= 0.3 is 5.97 Å². The van der Waals surface area contributed by atoms with Gasteiger partial charge in [0.1, 0.15) is 0 Å². The molecule has 0 amide bonds. The number of carboxylic acid groups (broad SMARTS) is 1. The predicted octanol–water partition coefficient (Wildman–Crippen LogP) is 0.432. The predicted molar refractivity (Wildman–Crippen MR) is 59.9 cm³/mol. The number of ether oxygens (including phenoxy) is 1. The summed E-state index contributed by atoms with van der Waals surface area (Å²) in [5.74, 6) is 0.212. The first kappa shape index (κ1) is 11.6. The number of aliphatic carboxylic acids is 1. The quantitative estimate of drug-likeness (QED) is 0.835. The number of carboxylic acids is 1. The van der Waals surface area contributed by atoms with Crippen LogP contribution in [0, 0.1) is 5.41 Å².